The van der Waals surface area contributed by atoms with E-state index >= 15 is 87.8 Å². The Balaban J connectivity index is 0.000000304. The maximum atomic E-state index is 17.0. The van der Waals surface area contributed by atoms with Crippen LogP contribution in [0.1, 0.15) is 130 Å². The van der Waals surface area contributed by atoms with Gasteiger partial charge in [0.05, 0.1) is 35.3 Å². The number of rotatable bonds is 15. The van der Waals surface area contributed by atoms with Gasteiger partial charge in [-0.15, -0.1) is 0 Å². The van der Waals surface area contributed by atoms with Crippen LogP contribution in [0.2, 0.25) is 0 Å². The van der Waals surface area contributed by atoms with Gasteiger partial charge in [-0.1, -0.05) is 127 Å². The van der Waals surface area contributed by atoms with Crippen LogP contribution in [0.4, 0.5) is 105 Å². The van der Waals surface area contributed by atoms with Crippen molar-refractivity contribution >= 4 is 36.4 Å². The zero-order valence-electron chi connectivity index (χ0n) is 46.1. The van der Waals surface area contributed by atoms with Gasteiger partial charge in [0.15, 0.2) is 116 Å². The first kappa shape index (κ1) is 67.0. The molecular formula is C62H46AlF24N. The van der Waals surface area contributed by atoms with Crippen molar-refractivity contribution in [3.05, 3.63) is 222 Å². The van der Waals surface area contributed by atoms with E-state index in [1.54, 1.807) is 0 Å². The lowest BCUT2D eigenvalue weighted by Crippen LogP contribution is -2.85. The summed E-state index contributed by atoms with van der Waals surface area (Å²) >= 11 is -8.89. The highest BCUT2D eigenvalue weighted by atomic mass is 27.2. The number of benzene rings is 6. The second-order valence-electron chi connectivity index (χ2n) is 21.7. The fourth-order valence-corrected chi connectivity index (χ4v) is 21.4. The van der Waals surface area contributed by atoms with E-state index in [0.29, 0.717) is 0 Å². The van der Waals surface area contributed by atoms with Crippen LogP contribution in [-0.2, 0) is 0 Å². The van der Waals surface area contributed by atoms with Crippen LogP contribution < -0.4 is 5.32 Å². The van der Waals surface area contributed by atoms with E-state index in [1.807, 2.05) is 12.1 Å². The molecule has 470 valence electrons. The summed E-state index contributed by atoms with van der Waals surface area (Å²) in [6.07, 6.45) is 8.35. The quantitative estimate of drug-likeness (QED) is 0.0347. The highest BCUT2D eigenvalue weighted by molar-refractivity contribution is 6.88. The lowest BCUT2D eigenvalue weighted by Gasteiger charge is -2.54. The lowest BCUT2D eigenvalue weighted by molar-refractivity contribution is -0.660. The molecule has 0 aliphatic heterocycles. The number of allylic oxidation sites excluding steroid dienone is 4. The molecule has 4 aliphatic rings. The number of quaternary nitrogens is 1. The van der Waals surface area contributed by atoms with E-state index in [9.17, 15) is 17.6 Å². The van der Waals surface area contributed by atoms with Gasteiger partial charge < -0.3 is 5.32 Å². The molecule has 6 atom stereocenters. The highest BCUT2D eigenvalue weighted by Gasteiger charge is 2.70. The van der Waals surface area contributed by atoms with E-state index in [-0.39, 0.29) is 0 Å². The van der Waals surface area contributed by atoms with Crippen molar-refractivity contribution in [2.45, 2.75) is 85.3 Å². The molecule has 0 saturated carbocycles. The molecule has 26 heteroatoms. The minimum Gasteiger partial charge on any atom is -0.346 e. The Morgan fingerprint density at radius 2 is 0.614 bits per heavy atom. The molecule has 0 aromatic heterocycles. The number of halogens is 24. The van der Waals surface area contributed by atoms with Crippen LogP contribution >= 0.6 is 0 Å². The van der Waals surface area contributed by atoms with E-state index in [4.69, 9.17) is 0 Å². The van der Waals surface area contributed by atoms with Crippen LogP contribution in [0, 0.1) is 105 Å². The maximum Gasteiger partial charge on any atom is 0.207 e. The average molecular weight is 1290 g/mol. The zero-order chi connectivity index (χ0) is 65.0. The zero-order valence-corrected chi connectivity index (χ0v) is 47.3. The minimum absolute atomic E-state index is 0.905. The Labute approximate surface area is 488 Å². The largest absolute Gasteiger partial charge is 0.346 e. The van der Waals surface area contributed by atoms with Crippen molar-refractivity contribution in [2.75, 3.05) is 13.1 Å². The van der Waals surface area contributed by atoms with E-state index in [0.717, 1.165) is 11.8 Å². The molecule has 0 fully saturated rings. The third-order valence-corrected chi connectivity index (χ3v) is 24.0. The van der Waals surface area contributed by atoms with Gasteiger partial charge in [0.1, 0.15) is 23.3 Å². The average Bonchev–Trinajstić information content (AvgIpc) is 1.48. The number of hydrogen-bond acceptors (Lipinski definition) is 0. The van der Waals surface area contributed by atoms with Gasteiger partial charge in [-0.2, -0.15) is 0 Å². The van der Waals surface area contributed by atoms with Crippen LogP contribution in [0.5, 0.6) is 0 Å². The van der Waals surface area contributed by atoms with Gasteiger partial charge in [0.2, 0.25) is 13.1 Å². The highest BCUT2D eigenvalue weighted by Crippen LogP contribution is 2.72. The molecule has 0 bridgehead atoms. The first-order valence-electron chi connectivity index (χ1n) is 27.3. The number of fused-ring (bicyclic) bond motifs is 4. The van der Waals surface area contributed by atoms with Gasteiger partial charge in [-0.3, -0.25) is 0 Å². The predicted octanol–water partition coefficient (Wildman–Crippen LogP) is 20.0. The van der Waals surface area contributed by atoms with Crippen molar-refractivity contribution in [3.63, 3.8) is 0 Å². The van der Waals surface area contributed by atoms with Gasteiger partial charge >= 0.3 is 0 Å². The summed E-state index contributed by atoms with van der Waals surface area (Å²) < 4.78 is 359. The molecule has 2 N–H and O–H groups in total. The fourth-order valence-electron chi connectivity index (χ4n) is 12.9. The summed E-state index contributed by atoms with van der Waals surface area (Å²) in [4.78, 5) is 0. The molecule has 88 heavy (non-hydrogen) atoms. The summed E-state index contributed by atoms with van der Waals surface area (Å²) in [5, 5.41) is 2.48. The molecule has 0 spiro atoms. The van der Waals surface area contributed by atoms with Crippen LogP contribution in [0.25, 0.3) is 34.4 Å². The molecule has 4 aliphatic carbocycles. The lowest BCUT2D eigenvalue weighted by atomic mass is 9.91. The summed E-state index contributed by atoms with van der Waals surface area (Å²) in [6, 6.07) is 20.8. The van der Waals surface area contributed by atoms with Crippen molar-refractivity contribution < 1.29 is 111 Å². The smallest absolute Gasteiger partial charge is 0.207 e. The van der Waals surface area contributed by atoms with Crippen molar-refractivity contribution in [2.24, 2.45) is 11.8 Å². The first-order valence-corrected chi connectivity index (χ1v) is 30.0. The molecular weight excluding hydrogens is 1240 g/mol. The Morgan fingerprint density at radius 3 is 0.864 bits per heavy atom. The molecule has 10 rings (SSSR count). The first-order chi connectivity index (χ1) is 41.6. The van der Waals surface area contributed by atoms with E-state index in [1.165, 1.54) is 62.7 Å². The van der Waals surface area contributed by atoms with Crippen LogP contribution in [0.3, 0.4) is 0 Å². The molecule has 6 aromatic carbocycles. The number of nitrogens with two attached hydrogens (primary N) is 1. The monoisotopic (exact) mass is 1290 g/mol. The standard InChI is InChI=1S/C14H31N.C12H10.4C9HF6.Al/c1-5-8-14(7-3)10-9-13(4)12-15-11-6-2;1-3-7-11(8-4-1)12-9-5-2-6-10-12;4*10-3-1-2-4(6(3)12)7(13)9(15)8(14)5(2)11;/h13-15H,5-12H2,1-4H3;1-10H;4*1H;/q;;;;;;-1/p+1. The van der Waals surface area contributed by atoms with Gasteiger partial charge in [-0.05, 0) is 58.6 Å². The van der Waals surface area contributed by atoms with Gasteiger partial charge in [0.25, 0.3) is 0 Å². The van der Waals surface area contributed by atoms with Gasteiger partial charge in [0, 0.05) is 5.92 Å². The molecule has 0 amide bonds. The molecule has 0 radical (unpaired) electrons. The minimum atomic E-state index is -8.89. The van der Waals surface area contributed by atoms with Crippen LogP contribution in [0.15, 0.2) is 84.0 Å². The van der Waals surface area contributed by atoms with Crippen LogP contribution in [-0.4, -0.2) is 26.2 Å². The Hall–Kier alpha value is -6.91. The normalized spacial score (nSPS) is 18.9. The molecule has 0 saturated heterocycles. The van der Waals surface area contributed by atoms with Crippen molar-refractivity contribution in [1.29, 1.82) is 0 Å². The van der Waals surface area contributed by atoms with Gasteiger partial charge in [-0.25, -0.2) is 105 Å². The van der Waals surface area contributed by atoms with E-state index in [2.05, 4.69) is 81.5 Å². The van der Waals surface area contributed by atoms with E-state index < -0.39 is 216 Å². The second-order valence-corrected chi connectivity index (χ2v) is 26.7. The topological polar surface area (TPSA) is 16.6 Å². The SMILES string of the molecule is CCC[NH2+]CC(C)CCC(CC)CCC.FC1=C(F)[CH]([Al-]([CH]2C(F)=C(F)c3c(F)c(F)c(F)c(F)c32)([CH]2C(F)=C(F)c3c(F)c(F)c(F)c(F)c32)[CH]2C(F)=C(F)c3c(F)c(F)c(F)c(F)c32)c2c(F)c(F)c(F)c(F)c21.c1ccc(-c2ccccc2)cc1. The third kappa shape index (κ3) is 10.7. The Morgan fingerprint density at radius 1 is 0.341 bits per heavy atom. The molecule has 1 nitrogen and oxygen atoms in total. The number of hydrogen-bond donors (Lipinski definition) is 1. The Bertz CT molecular complexity index is 3450. The fraction of sp³-hybridized carbons (Fsp3) is 0.290. The van der Waals surface area contributed by atoms with Crippen molar-refractivity contribution in [3.8, 4) is 11.1 Å². The predicted molar refractivity (Wildman–Crippen MR) is 279 cm³/mol. The Kier molecular flexibility index (Phi) is 20.0. The summed E-state index contributed by atoms with van der Waals surface area (Å²) in [7, 11) is 0. The summed E-state index contributed by atoms with van der Waals surface area (Å²) in [6.45, 7) is 11.9. The second kappa shape index (κ2) is 26.3. The molecule has 0 heterocycles. The molecule has 6 unspecified atom stereocenters. The summed E-state index contributed by atoms with van der Waals surface area (Å²) in [5.41, 5.74) is -19.1. The van der Waals surface area contributed by atoms with Crippen molar-refractivity contribution in [1.82, 2.24) is 0 Å². The third-order valence-electron chi connectivity index (χ3n) is 16.9. The summed E-state index contributed by atoms with van der Waals surface area (Å²) in [5.74, 6) is -75.6. The molecule has 6 aromatic rings. The maximum absolute atomic E-state index is 17.0.